The third kappa shape index (κ3) is 3.16. The van der Waals surface area contributed by atoms with Gasteiger partial charge in [0.15, 0.2) is 0 Å². The number of halogens is 4. The molecule has 0 aliphatic carbocycles. The topological polar surface area (TPSA) is 48.6 Å². The summed E-state index contributed by atoms with van der Waals surface area (Å²) in [4.78, 5) is 17.0. The van der Waals surface area contributed by atoms with E-state index < -0.39 is 0 Å². The molecule has 1 heterocycles. The summed E-state index contributed by atoms with van der Waals surface area (Å²) < 4.78 is 3.15. The number of hydrogen-bond acceptors (Lipinski definition) is 1. The second-order valence-electron chi connectivity index (χ2n) is 4.53. The van der Waals surface area contributed by atoms with Crippen molar-refractivity contribution in [3.63, 3.8) is 0 Å². The Kier molecular flexibility index (Phi) is 4.63. The van der Waals surface area contributed by atoms with Gasteiger partial charge in [-0.25, -0.2) is 4.79 Å². The Labute approximate surface area is 159 Å². The molecule has 0 aliphatic rings. The SMILES string of the molecule is O=c1[nH]c2cc(Br)c(C(Br)c3cc(I)ccc3Br)cc2[nH]1. The first-order valence-electron chi connectivity index (χ1n) is 5.96. The van der Waals surface area contributed by atoms with Gasteiger partial charge in [-0.2, -0.15) is 0 Å². The van der Waals surface area contributed by atoms with Crippen LogP contribution in [0.2, 0.25) is 0 Å². The molecule has 108 valence electrons. The molecule has 0 bridgehead atoms. The number of benzene rings is 2. The standard InChI is InChI=1S/C14H8Br3IN2O/c15-9-2-1-6(18)3-7(9)13(17)8-4-11-12(5-10(8)16)20-14(21)19-11/h1-5,13H,(H2,19,20,21). The zero-order valence-corrected chi connectivity index (χ0v) is 17.3. The zero-order chi connectivity index (χ0) is 15.1. The van der Waals surface area contributed by atoms with Crippen molar-refractivity contribution in [3.8, 4) is 0 Å². The van der Waals surface area contributed by atoms with Crippen molar-refractivity contribution < 1.29 is 0 Å². The van der Waals surface area contributed by atoms with Crippen LogP contribution >= 0.6 is 70.4 Å². The fraction of sp³-hybridized carbons (Fsp3) is 0.0714. The van der Waals surface area contributed by atoms with Gasteiger partial charge in [0.25, 0.3) is 0 Å². The van der Waals surface area contributed by atoms with Gasteiger partial charge in [0.05, 0.1) is 15.9 Å². The Hall–Kier alpha value is -0.120. The number of nitrogens with one attached hydrogen (secondary N) is 2. The molecule has 3 rings (SSSR count). The molecule has 2 aromatic carbocycles. The summed E-state index contributed by atoms with van der Waals surface area (Å²) in [6.07, 6.45) is 0. The van der Waals surface area contributed by atoms with Crippen LogP contribution in [-0.2, 0) is 0 Å². The number of hydrogen-bond donors (Lipinski definition) is 2. The highest BCUT2D eigenvalue weighted by molar-refractivity contribution is 14.1. The van der Waals surface area contributed by atoms with Crippen LogP contribution in [0.25, 0.3) is 11.0 Å². The van der Waals surface area contributed by atoms with Crippen LogP contribution in [0.3, 0.4) is 0 Å². The van der Waals surface area contributed by atoms with E-state index in [1.165, 1.54) is 3.57 Å². The first-order valence-corrected chi connectivity index (χ1v) is 9.54. The van der Waals surface area contributed by atoms with E-state index in [1.54, 1.807) is 0 Å². The van der Waals surface area contributed by atoms with Crippen molar-refractivity contribution in [2.24, 2.45) is 0 Å². The molecule has 1 aromatic heterocycles. The fourth-order valence-electron chi connectivity index (χ4n) is 2.14. The van der Waals surface area contributed by atoms with Crippen molar-refractivity contribution in [2.75, 3.05) is 0 Å². The number of rotatable bonds is 2. The molecule has 0 radical (unpaired) electrons. The number of H-pyrrole nitrogens is 2. The van der Waals surface area contributed by atoms with Crippen LogP contribution in [0.4, 0.5) is 0 Å². The summed E-state index contributed by atoms with van der Waals surface area (Å²) in [7, 11) is 0. The van der Waals surface area contributed by atoms with Crippen molar-refractivity contribution in [3.05, 3.63) is 64.5 Å². The average Bonchev–Trinajstić information content (AvgIpc) is 2.79. The maximum Gasteiger partial charge on any atom is 0.323 e. The molecular formula is C14H8Br3IN2O. The van der Waals surface area contributed by atoms with Gasteiger partial charge in [-0.15, -0.1) is 0 Å². The largest absolute Gasteiger partial charge is 0.323 e. The average molecular weight is 587 g/mol. The Balaban J connectivity index is 2.16. The van der Waals surface area contributed by atoms with Gasteiger partial charge >= 0.3 is 5.69 Å². The lowest BCUT2D eigenvalue weighted by Crippen LogP contribution is -1.99. The van der Waals surface area contributed by atoms with Crippen LogP contribution in [-0.4, -0.2) is 9.97 Å². The van der Waals surface area contributed by atoms with E-state index in [2.05, 4.69) is 92.5 Å². The molecule has 0 aliphatic heterocycles. The summed E-state index contributed by atoms with van der Waals surface area (Å²) in [5.74, 6) is 0. The molecule has 0 fully saturated rings. The normalized spacial score (nSPS) is 12.8. The number of imidazole rings is 1. The van der Waals surface area contributed by atoms with Crippen LogP contribution in [0.5, 0.6) is 0 Å². The van der Waals surface area contributed by atoms with Gasteiger partial charge in [-0.1, -0.05) is 47.8 Å². The second kappa shape index (κ2) is 6.17. The molecule has 2 N–H and O–H groups in total. The van der Waals surface area contributed by atoms with Crippen molar-refractivity contribution in [1.29, 1.82) is 0 Å². The molecule has 3 nitrogen and oxygen atoms in total. The van der Waals surface area contributed by atoms with Gasteiger partial charge in [0.1, 0.15) is 0 Å². The first kappa shape index (κ1) is 15.8. The van der Waals surface area contributed by atoms with Crippen LogP contribution in [0.15, 0.2) is 44.1 Å². The summed E-state index contributed by atoms with van der Waals surface area (Å²) >= 11 is 13.2. The lowest BCUT2D eigenvalue weighted by atomic mass is 10.0. The highest BCUT2D eigenvalue weighted by Crippen LogP contribution is 2.40. The molecule has 21 heavy (non-hydrogen) atoms. The monoisotopic (exact) mass is 584 g/mol. The summed E-state index contributed by atoms with van der Waals surface area (Å²) in [5.41, 5.74) is 3.58. The molecule has 1 unspecified atom stereocenters. The Morgan fingerprint density at radius 1 is 0.952 bits per heavy atom. The minimum Gasteiger partial charge on any atom is -0.306 e. The number of fused-ring (bicyclic) bond motifs is 1. The van der Waals surface area contributed by atoms with E-state index >= 15 is 0 Å². The van der Waals surface area contributed by atoms with E-state index in [9.17, 15) is 4.79 Å². The Morgan fingerprint density at radius 3 is 2.29 bits per heavy atom. The smallest absolute Gasteiger partial charge is 0.306 e. The lowest BCUT2D eigenvalue weighted by Gasteiger charge is -2.15. The summed E-state index contributed by atoms with van der Waals surface area (Å²) in [6.45, 7) is 0. The molecule has 0 spiro atoms. The number of alkyl halides is 1. The minimum absolute atomic E-state index is 0.0127. The number of aromatic amines is 2. The highest BCUT2D eigenvalue weighted by Gasteiger charge is 2.18. The molecule has 0 saturated heterocycles. The van der Waals surface area contributed by atoms with Gasteiger partial charge in [-0.05, 0) is 64.0 Å². The lowest BCUT2D eigenvalue weighted by molar-refractivity contribution is 1.15. The van der Waals surface area contributed by atoms with Gasteiger partial charge in [0.2, 0.25) is 0 Å². The molecule has 7 heteroatoms. The van der Waals surface area contributed by atoms with E-state index in [0.717, 1.165) is 31.1 Å². The maximum absolute atomic E-state index is 11.4. The third-order valence-corrected chi connectivity index (χ3v) is 6.20. The molecule has 0 amide bonds. The van der Waals surface area contributed by atoms with Crippen molar-refractivity contribution in [1.82, 2.24) is 9.97 Å². The summed E-state index contributed by atoms with van der Waals surface area (Å²) in [6, 6.07) is 10.1. The van der Waals surface area contributed by atoms with Crippen LogP contribution < -0.4 is 5.69 Å². The fourth-order valence-corrected chi connectivity index (χ4v) is 5.08. The highest BCUT2D eigenvalue weighted by atomic mass is 127. The summed E-state index contributed by atoms with van der Waals surface area (Å²) in [5, 5.41) is 0. The zero-order valence-electron chi connectivity index (χ0n) is 10.4. The first-order chi connectivity index (χ1) is 9.95. The molecule has 1 atom stereocenters. The molecule has 0 saturated carbocycles. The van der Waals surface area contributed by atoms with E-state index in [4.69, 9.17) is 0 Å². The van der Waals surface area contributed by atoms with E-state index in [0.29, 0.717) is 0 Å². The molecular weight excluding hydrogens is 579 g/mol. The third-order valence-electron chi connectivity index (χ3n) is 3.14. The van der Waals surface area contributed by atoms with Gasteiger partial charge in [-0.3, -0.25) is 0 Å². The maximum atomic E-state index is 11.4. The van der Waals surface area contributed by atoms with Crippen LogP contribution in [0, 0.1) is 3.57 Å². The van der Waals surface area contributed by atoms with Gasteiger partial charge in [0, 0.05) is 12.5 Å². The Morgan fingerprint density at radius 2 is 1.57 bits per heavy atom. The minimum atomic E-state index is -0.199. The predicted molar refractivity (Wildman–Crippen MR) is 104 cm³/mol. The number of aromatic nitrogens is 2. The molecule has 3 aromatic rings. The van der Waals surface area contributed by atoms with Crippen molar-refractivity contribution >= 4 is 81.4 Å². The second-order valence-corrected chi connectivity index (χ2v) is 8.40. The Bertz CT molecular complexity index is 888. The van der Waals surface area contributed by atoms with E-state index in [-0.39, 0.29) is 10.5 Å². The van der Waals surface area contributed by atoms with Crippen molar-refractivity contribution in [2.45, 2.75) is 4.83 Å². The predicted octanol–water partition coefficient (Wildman–Crippen LogP) is 5.47. The van der Waals surface area contributed by atoms with Crippen LogP contribution in [0.1, 0.15) is 16.0 Å². The van der Waals surface area contributed by atoms with Gasteiger partial charge < -0.3 is 9.97 Å². The van der Waals surface area contributed by atoms with E-state index in [1.807, 2.05) is 18.2 Å². The quantitative estimate of drug-likeness (QED) is 0.304.